The molecule has 11 heavy (non-hydrogen) atoms. The summed E-state index contributed by atoms with van der Waals surface area (Å²) in [6, 6.07) is 0. The van der Waals surface area contributed by atoms with Crippen molar-refractivity contribution in [3.05, 3.63) is 0 Å². The lowest BCUT2D eigenvalue weighted by molar-refractivity contribution is -0.174. The van der Waals surface area contributed by atoms with Crippen molar-refractivity contribution < 1.29 is 14.6 Å². The maximum absolute atomic E-state index is 10.9. The van der Waals surface area contributed by atoms with Gasteiger partial charge in [-0.1, -0.05) is 0 Å². The Bertz CT molecular complexity index is 126. The topological polar surface area (TPSA) is 81.5 Å². The molecule has 0 aliphatic heterocycles. The molecule has 0 aromatic rings. The molecule has 4 heteroatoms. The van der Waals surface area contributed by atoms with Crippen LogP contribution in [0.2, 0.25) is 0 Å². The number of carbonyl (C=O) groups is 1. The summed E-state index contributed by atoms with van der Waals surface area (Å²) in [4.78, 5) is 10.9. The van der Waals surface area contributed by atoms with E-state index in [1.54, 1.807) is 20.8 Å². The second kappa shape index (κ2) is 4.31. The molecule has 68 valence electrons. The average molecular weight is 163 g/mol. The Morgan fingerprint density at radius 2 is 1.82 bits per heavy atom. The molecule has 0 aliphatic carbocycles. The second-order valence-corrected chi connectivity index (χ2v) is 3.25. The van der Waals surface area contributed by atoms with Crippen molar-refractivity contribution in [2.45, 2.75) is 34.0 Å². The van der Waals surface area contributed by atoms with Crippen LogP contribution < -0.4 is 6.15 Å². The largest absolute Gasteiger partial charge is 0.436 e. The molecule has 1 atom stereocenters. The van der Waals surface area contributed by atoms with Crippen LogP contribution in [0.25, 0.3) is 0 Å². The highest BCUT2D eigenvalue weighted by molar-refractivity contribution is 5.75. The van der Waals surface area contributed by atoms with E-state index in [2.05, 4.69) is 4.74 Å². The van der Waals surface area contributed by atoms with Crippen molar-refractivity contribution in [2.75, 3.05) is 0 Å². The van der Waals surface area contributed by atoms with E-state index in [0.717, 1.165) is 0 Å². The molecule has 0 aromatic carbocycles. The van der Waals surface area contributed by atoms with Crippen molar-refractivity contribution >= 4 is 5.97 Å². The van der Waals surface area contributed by atoms with Gasteiger partial charge in [0.2, 0.25) is 0 Å². The molecule has 0 spiro atoms. The molecule has 0 amide bonds. The highest BCUT2D eigenvalue weighted by Crippen LogP contribution is 2.15. The molecule has 0 radical (unpaired) electrons. The summed E-state index contributed by atoms with van der Waals surface area (Å²) in [5, 5.41) is 8.64. The number of hydrogen-bond acceptors (Lipinski definition) is 4. The number of rotatable bonds is 1. The van der Waals surface area contributed by atoms with E-state index in [1.165, 1.54) is 6.92 Å². The lowest BCUT2D eigenvalue weighted by Crippen LogP contribution is -2.26. The van der Waals surface area contributed by atoms with Gasteiger partial charge in [0.15, 0.2) is 6.29 Å². The first kappa shape index (κ1) is 13.0. The summed E-state index contributed by atoms with van der Waals surface area (Å²) in [7, 11) is 0. The molecular weight excluding hydrogens is 146 g/mol. The van der Waals surface area contributed by atoms with Crippen molar-refractivity contribution in [1.29, 1.82) is 0 Å². The molecular formula is C7H17NO3. The smallest absolute Gasteiger partial charge is 0.313 e. The highest BCUT2D eigenvalue weighted by atomic mass is 16.6. The minimum atomic E-state index is -1.01. The Kier molecular flexibility index (Phi) is 5.09. The van der Waals surface area contributed by atoms with Crippen LogP contribution in [0.1, 0.15) is 27.7 Å². The third-order valence-corrected chi connectivity index (χ3v) is 0.890. The van der Waals surface area contributed by atoms with Crippen LogP contribution in [-0.4, -0.2) is 17.4 Å². The number of ether oxygens (including phenoxy) is 1. The van der Waals surface area contributed by atoms with Gasteiger partial charge in [-0.2, -0.15) is 0 Å². The predicted molar refractivity (Wildman–Crippen MR) is 42.2 cm³/mol. The van der Waals surface area contributed by atoms with Crippen molar-refractivity contribution in [3.63, 3.8) is 0 Å². The summed E-state index contributed by atoms with van der Waals surface area (Å²) in [6.45, 7) is 6.61. The van der Waals surface area contributed by atoms with E-state index in [0.29, 0.717) is 0 Å². The minimum absolute atomic E-state index is 0. The second-order valence-electron chi connectivity index (χ2n) is 3.25. The van der Waals surface area contributed by atoms with Gasteiger partial charge in [0.05, 0.1) is 5.41 Å². The summed E-state index contributed by atoms with van der Waals surface area (Å²) < 4.78 is 4.53. The monoisotopic (exact) mass is 163 g/mol. The third-order valence-electron chi connectivity index (χ3n) is 0.890. The number of esters is 1. The van der Waals surface area contributed by atoms with Gasteiger partial charge in [-0.25, -0.2) is 0 Å². The zero-order valence-electron chi connectivity index (χ0n) is 7.55. The SMILES string of the molecule is CC(O)OC(=O)C(C)(C)C.N. The third kappa shape index (κ3) is 5.82. The number of aliphatic hydroxyl groups is 1. The van der Waals surface area contributed by atoms with E-state index >= 15 is 0 Å². The van der Waals surface area contributed by atoms with Gasteiger partial charge in [-0.05, 0) is 27.7 Å². The molecule has 0 rings (SSSR count). The van der Waals surface area contributed by atoms with E-state index in [-0.39, 0.29) is 12.1 Å². The first-order chi connectivity index (χ1) is 4.34. The molecule has 0 bridgehead atoms. The van der Waals surface area contributed by atoms with Gasteiger partial charge in [0.25, 0.3) is 0 Å². The summed E-state index contributed by atoms with van der Waals surface area (Å²) in [6.07, 6.45) is -1.01. The van der Waals surface area contributed by atoms with Gasteiger partial charge >= 0.3 is 5.97 Å². The van der Waals surface area contributed by atoms with Crippen LogP contribution in [0.4, 0.5) is 0 Å². The van der Waals surface area contributed by atoms with Gasteiger partial charge in [0.1, 0.15) is 0 Å². The zero-order chi connectivity index (χ0) is 8.36. The number of aliphatic hydroxyl groups excluding tert-OH is 1. The zero-order valence-corrected chi connectivity index (χ0v) is 7.55. The maximum atomic E-state index is 10.9. The quantitative estimate of drug-likeness (QED) is 0.447. The van der Waals surface area contributed by atoms with Crippen LogP contribution in [0.5, 0.6) is 0 Å². The Hall–Kier alpha value is -0.610. The summed E-state index contributed by atoms with van der Waals surface area (Å²) in [5.74, 6) is -0.387. The Morgan fingerprint density at radius 3 is 1.91 bits per heavy atom. The maximum Gasteiger partial charge on any atom is 0.313 e. The fourth-order valence-corrected chi connectivity index (χ4v) is 0.332. The van der Waals surface area contributed by atoms with Gasteiger partial charge in [-0.15, -0.1) is 0 Å². The normalized spacial score (nSPS) is 13.2. The lowest BCUT2D eigenvalue weighted by Gasteiger charge is -2.17. The summed E-state index contributed by atoms with van der Waals surface area (Å²) >= 11 is 0. The Balaban J connectivity index is 0. The molecule has 0 heterocycles. The van der Waals surface area contributed by atoms with Crippen LogP contribution in [0.15, 0.2) is 0 Å². The van der Waals surface area contributed by atoms with E-state index in [4.69, 9.17) is 5.11 Å². The Morgan fingerprint density at radius 1 is 1.45 bits per heavy atom. The first-order valence-electron chi connectivity index (χ1n) is 3.23. The van der Waals surface area contributed by atoms with E-state index < -0.39 is 11.7 Å². The summed E-state index contributed by atoms with van der Waals surface area (Å²) in [5.41, 5.74) is -0.531. The van der Waals surface area contributed by atoms with Crippen LogP contribution in [0, 0.1) is 5.41 Å². The van der Waals surface area contributed by atoms with Crippen molar-refractivity contribution in [3.8, 4) is 0 Å². The highest BCUT2D eigenvalue weighted by Gasteiger charge is 2.23. The molecule has 0 aromatic heterocycles. The molecule has 4 nitrogen and oxygen atoms in total. The standard InChI is InChI=1S/C7H14O3.H3N/c1-5(8)10-6(9)7(2,3)4;/h5,8H,1-4H3;1H3. The van der Waals surface area contributed by atoms with Crippen LogP contribution in [0.3, 0.4) is 0 Å². The fraction of sp³-hybridized carbons (Fsp3) is 0.857. The molecule has 4 N–H and O–H groups in total. The van der Waals surface area contributed by atoms with Gasteiger partial charge in [0, 0.05) is 0 Å². The van der Waals surface area contributed by atoms with Gasteiger partial charge < -0.3 is 16.0 Å². The van der Waals surface area contributed by atoms with Crippen LogP contribution in [-0.2, 0) is 9.53 Å². The average Bonchev–Trinajstić information content (AvgIpc) is 1.60. The molecule has 1 unspecified atom stereocenters. The lowest BCUT2D eigenvalue weighted by atomic mass is 9.97. The minimum Gasteiger partial charge on any atom is -0.436 e. The Labute approximate surface area is 67.1 Å². The van der Waals surface area contributed by atoms with Crippen molar-refractivity contribution in [2.24, 2.45) is 5.41 Å². The molecule has 0 saturated carbocycles. The van der Waals surface area contributed by atoms with Crippen LogP contribution >= 0.6 is 0 Å². The first-order valence-corrected chi connectivity index (χ1v) is 3.23. The number of hydrogen-bond donors (Lipinski definition) is 2. The van der Waals surface area contributed by atoms with E-state index in [9.17, 15) is 4.79 Å². The molecule has 0 saturated heterocycles. The predicted octanol–water partition coefficient (Wildman–Crippen LogP) is 1.08. The number of carbonyl (C=O) groups excluding carboxylic acids is 1. The van der Waals surface area contributed by atoms with Crippen molar-refractivity contribution in [1.82, 2.24) is 6.15 Å². The van der Waals surface area contributed by atoms with Gasteiger partial charge in [-0.3, -0.25) is 4.79 Å². The molecule has 0 aliphatic rings. The fourth-order valence-electron chi connectivity index (χ4n) is 0.332. The van der Waals surface area contributed by atoms with E-state index in [1.807, 2.05) is 0 Å². The molecule has 0 fully saturated rings.